The van der Waals surface area contributed by atoms with Crippen molar-refractivity contribution in [1.29, 1.82) is 0 Å². The number of aliphatic hydroxyl groups excluding tert-OH is 1. The molecule has 1 N–H and O–H groups in total. The Morgan fingerprint density at radius 2 is 0.476 bits per heavy atom. The van der Waals surface area contributed by atoms with E-state index in [4.69, 9.17) is 43.0 Å². The highest BCUT2D eigenvalue weighted by molar-refractivity contribution is 4.50. The van der Waals surface area contributed by atoms with E-state index >= 15 is 0 Å². The van der Waals surface area contributed by atoms with Crippen LogP contribution in [0.2, 0.25) is 0 Å². The standard InChI is InChI=1S/C33H68O9/c1-2-3-4-5-6-7-8-9-10-11-12-13-14-15-16-18-35-20-22-37-24-26-39-28-30-41-32-33-42-31-29-40-27-25-38-23-21-36-19-17-34/h34H,2-33H2,1H3. The highest BCUT2D eigenvalue weighted by Gasteiger charge is 1.97. The van der Waals surface area contributed by atoms with E-state index in [-0.39, 0.29) is 6.61 Å². The molecule has 0 rings (SSSR count). The van der Waals surface area contributed by atoms with Gasteiger partial charge in [-0.3, -0.25) is 0 Å². The first-order valence-corrected chi connectivity index (χ1v) is 17.1. The first kappa shape index (κ1) is 41.6. The lowest BCUT2D eigenvalue weighted by atomic mass is 10.0. The molecule has 42 heavy (non-hydrogen) atoms. The van der Waals surface area contributed by atoms with Crippen LogP contribution in [-0.4, -0.2) is 117 Å². The summed E-state index contributed by atoms with van der Waals surface area (Å²) in [5.41, 5.74) is 0. The number of aliphatic hydroxyl groups is 1. The molecule has 0 amide bonds. The number of unbranched alkanes of at least 4 members (excludes halogenated alkanes) is 14. The van der Waals surface area contributed by atoms with Crippen molar-refractivity contribution in [3.05, 3.63) is 0 Å². The minimum Gasteiger partial charge on any atom is -0.394 e. The Morgan fingerprint density at radius 1 is 0.262 bits per heavy atom. The second-order valence-corrected chi connectivity index (χ2v) is 10.6. The van der Waals surface area contributed by atoms with E-state index < -0.39 is 0 Å². The van der Waals surface area contributed by atoms with Gasteiger partial charge in [-0.25, -0.2) is 0 Å². The van der Waals surface area contributed by atoms with Gasteiger partial charge in [0, 0.05) is 6.61 Å². The van der Waals surface area contributed by atoms with Gasteiger partial charge in [-0.1, -0.05) is 96.8 Å². The summed E-state index contributed by atoms with van der Waals surface area (Å²) in [5.74, 6) is 0. The summed E-state index contributed by atoms with van der Waals surface area (Å²) in [7, 11) is 0. The Kier molecular flexibility index (Phi) is 40.3. The smallest absolute Gasteiger partial charge is 0.0701 e. The molecule has 0 aliphatic rings. The second-order valence-electron chi connectivity index (χ2n) is 10.6. The molecule has 0 radical (unpaired) electrons. The summed E-state index contributed by atoms with van der Waals surface area (Å²) in [6.07, 6.45) is 20.8. The molecule has 9 nitrogen and oxygen atoms in total. The summed E-state index contributed by atoms with van der Waals surface area (Å²) < 4.78 is 43.5. The topological polar surface area (TPSA) is 94.1 Å². The molecular weight excluding hydrogens is 540 g/mol. The average molecular weight is 609 g/mol. The van der Waals surface area contributed by atoms with Gasteiger partial charge in [0.25, 0.3) is 0 Å². The predicted octanol–water partition coefficient (Wildman–Crippen LogP) is 5.98. The summed E-state index contributed by atoms with van der Waals surface area (Å²) in [6.45, 7) is 11.2. The van der Waals surface area contributed by atoms with Crippen molar-refractivity contribution in [3.8, 4) is 0 Å². The van der Waals surface area contributed by atoms with Crippen LogP contribution < -0.4 is 0 Å². The first-order chi connectivity index (χ1) is 20.9. The van der Waals surface area contributed by atoms with E-state index in [1.54, 1.807) is 0 Å². The third-order valence-electron chi connectivity index (χ3n) is 6.73. The SMILES string of the molecule is CCCCCCCCCCCCCCCCCOCCOCCOCCOCCOCCOCCOCCOCCO. The van der Waals surface area contributed by atoms with Crippen LogP contribution in [0.1, 0.15) is 103 Å². The van der Waals surface area contributed by atoms with E-state index in [1.807, 2.05) is 0 Å². The van der Waals surface area contributed by atoms with Crippen LogP contribution in [0.15, 0.2) is 0 Å². The third-order valence-corrected chi connectivity index (χ3v) is 6.73. The highest BCUT2D eigenvalue weighted by Crippen LogP contribution is 2.13. The van der Waals surface area contributed by atoms with Gasteiger partial charge in [0.2, 0.25) is 0 Å². The van der Waals surface area contributed by atoms with Gasteiger partial charge in [-0.15, -0.1) is 0 Å². The minimum atomic E-state index is 0.0353. The molecule has 9 heteroatoms. The fraction of sp³-hybridized carbons (Fsp3) is 1.00. The van der Waals surface area contributed by atoms with Crippen molar-refractivity contribution >= 4 is 0 Å². The van der Waals surface area contributed by atoms with Crippen molar-refractivity contribution in [1.82, 2.24) is 0 Å². The van der Waals surface area contributed by atoms with Crippen molar-refractivity contribution in [2.75, 3.05) is 112 Å². The Balaban J connectivity index is 3.02. The lowest BCUT2D eigenvalue weighted by Crippen LogP contribution is -2.15. The van der Waals surface area contributed by atoms with Crippen molar-refractivity contribution in [3.63, 3.8) is 0 Å². The molecule has 0 aromatic rings. The van der Waals surface area contributed by atoms with Gasteiger partial charge >= 0.3 is 0 Å². The Labute approximate surface area is 258 Å². The highest BCUT2D eigenvalue weighted by atomic mass is 16.6. The van der Waals surface area contributed by atoms with Gasteiger partial charge in [-0.2, -0.15) is 0 Å². The van der Waals surface area contributed by atoms with Crippen LogP contribution in [0, 0.1) is 0 Å². The van der Waals surface area contributed by atoms with Gasteiger partial charge < -0.3 is 43.0 Å². The van der Waals surface area contributed by atoms with Gasteiger partial charge in [-0.05, 0) is 6.42 Å². The van der Waals surface area contributed by atoms with Crippen molar-refractivity contribution in [2.45, 2.75) is 103 Å². The number of rotatable bonds is 39. The lowest BCUT2D eigenvalue weighted by Gasteiger charge is -2.08. The summed E-state index contributed by atoms with van der Waals surface area (Å²) in [4.78, 5) is 0. The van der Waals surface area contributed by atoms with Crippen LogP contribution in [-0.2, 0) is 37.9 Å². The van der Waals surface area contributed by atoms with Gasteiger partial charge in [0.05, 0.1) is 106 Å². The Hall–Kier alpha value is -0.360. The van der Waals surface area contributed by atoms with E-state index in [9.17, 15) is 0 Å². The van der Waals surface area contributed by atoms with Crippen LogP contribution in [0.5, 0.6) is 0 Å². The zero-order chi connectivity index (χ0) is 30.3. The van der Waals surface area contributed by atoms with Crippen LogP contribution >= 0.6 is 0 Å². The number of ether oxygens (including phenoxy) is 8. The van der Waals surface area contributed by atoms with Crippen molar-refractivity contribution < 1.29 is 43.0 Å². The molecule has 254 valence electrons. The van der Waals surface area contributed by atoms with E-state index in [0.29, 0.717) is 99.1 Å². The van der Waals surface area contributed by atoms with Crippen LogP contribution in [0.4, 0.5) is 0 Å². The molecular formula is C33H68O9. The van der Waals surface area contributed by atoms with Crippen LogP contribution in [0.25, 0.3) is 0 Å². The summed E-state index contributed by atoms with van der Waals surface area (Å²) in [6, 6.07) is 0. The minimum absolute atomic E-state index is 0.0353. The quantitative estimate of drug-likeness (QED) is 0.0846. The van der Waals surface area contributed by atoms with Gasteiger partial charge in [0.15, 0.2) is 0 Å². The molecule has 0 aliphatic heterocycles. The number of hydrogen-bond acceptors (Lipinski definition) is 9. The molecule has 0 unspecified atom stereocenters. The normalized spacial score (nSPS) is 11.6. The number of hydrogen-bond donors (Lipinski definition) is 1. The largest absolute Gasteiger partial charge is 0.394 e. The van der Waals surface area contributed by atoms with Crippen LogP contribution in [0.3, 0.4) is 0 Å². The Bertz CT molecular complexity index is 417. The molecule has 0 heterocycles. The molecule has 0 spiro atoms. The fourth-order valence-corrected chi connectivity index (χ4v) is 4.28. The third kappa shape index (κ3) is 39.6. The maximum absolute atomic E-state index is 8.58. The molecule has 0 aromatic carbocycles. The molecule has 0 saturated heterocycles. The molecule has 0 saturated carbocycles. The van der Waals surface area contributed by atoms with E-state index in [0.717, 1.165) is 13.0 Å². The Morgan fingerprint density at radius 3 is 0.738 bits per heavy atom. The molecule has 0 aliphatic carbocycles. The summed E-state index contributed by atoms with van der Waals surface area (Å²) >= 11 is 0. The fourth-order valence-electron chi connectivity index (χ4n) is 4.28. The average Bonchev–Trinajstić information content (AvgIpc) is 3.00. The zero-order valence-corrected chi connectivity index (χ0v) is 27.3. The van der Waals surface area contributed by atoms with E-state index in [1.165, 1.54) is 89.9 Å². The van der Waals surface area contributed by atoms with Gasteiger partial charge in [0.1, 0.15) is 0 Å². The summed E-state index contributed by atoms with van der Waals surface area (Å²) in [5, 5.41) is 8.58. The second kappa shape index (κ2) is 40.6. The molecule has 0 atom stereocenters. The zero-order valence-electron chi connectivity index (χ0n) is 27.3. The maximum Gasteiger partial charge on any atom is 0.0701 e. The molecule has 0 bridgehead atoms. The molecule has 0 fully saturated rings. The molecule has 0 aromatic heterocycles. The first-order valence-electron chi connectivity index (χ1n) is 17.1. The van der Waals surface area contributed by atoms with Crippen molar-refractivity contribution in [2.24, 2.45) is 0 Å². The predicted molar refractivity (Wildman–Crippen MR) is 169 cm³/mol. The van der Waals surface area contributed by atoms with E-state index in [2.05, 4.69) is 6.92 Å². The monoisotopic (exact) mass is 608 g/mol. The maximum atomic E-state index is 8.58. The lowest BCUT2D eigenvalue weighted by molar-refractivity contribution is -0.0238.